The highest BCUT2D eigenvalue weighted by molar-refractivity contribution is 5.78. The van der Waals surface area contributed by atoms with Gasteiger partial charge in [0.1, 0.15) is 0 Å². The van der Waals surface area contributed by atoms with E-state index in [4.69, 9.17) is 10.8 Å². The molecule has 1 heterocycles. The van der Waals surface area contributed by atoms with Crippen LogP contribution in [-0.4, -0.2) is 54.1 Å². The summed E-state index contributed by atoms with van der Waals surface area (Å²) >= 11 is 0. The summed E-state index contributed by atoms with van der Waals surface area (Å²) in [6.07, 6.45) is 2.71. The van der Waals surface area contributed by atoms with E-state index in [2.05, 4.69) is 17.1 Å². The van der Waals surface area contributed by atoms with E-state index in [0.29, 0.717) is 32.0 Å². The highest BCUT2D eigenvalue weighted by Crippen LogP contribution is 2.21. The van der Waals surface area contributed by atoms with E-state index in [0.717, 1.165) is 19.4 Å². The van der Waals surface area contributed by atoms with E-state index in [9.17, 15) is 9.59 Å². The standard InChI is InChI=1S/C13H25N3O3/c1-10-4-6-16(11(7-10)8-14)9-12(17)15-5-2-3-13(18)19/h10-11H,2-9,14H2,1H3,(H,15,17)(H,18,19). The van der Waals surface area contributed by atoms with Crippen LogP contribution in [0.5, 0.6) is 0 Å². The summed E-state index contributed by atoms with van der Waals surface area (Å²) < 4.78 is 0. The molecule has 0 aromatic rings. The average molecular weight is 271 g/mol. The van der Waals surface area contributed by atoms with Crippen LogP contribution in [0.25, 0.3) is 0 Å². The highest BCUT2D eigenvalue weighted by atomic mass is 16.4. The lowest BCUT2D eigenvalue weighted by Gasteiger charge is -2.37. The number of hydrogen-bond donors (Lipinski definition) is 3. The number of aliphatic carboxylic acids is 1. The van der Waals surface area contributed by atoms with Crippen LogP contribution in [0.3, 0.4) is 0 Å². The number of rotatable bonds is 7. The number of nitrogens with one attached hydrogen (secondary N) is 1. The number of nitrogens with two attached hydrogens (primary N) is 1. The fourth-order valence-corrected chi connectivity index (χ4v) is 2.46. The van der Waals surface area contributed by atoms with Gasteiger partial charge in [-0.3, -0.25) is 14.5 Å². The Morgan fingerprint density at radius 3 is 2.84 bits per heavy atom. The molecule has 4 N–H and O–H groups in total. The molecule has 2 unspecified atom stereocenters. The summed E-state index contributed by atoms with van der Waals surface area (Å²) in [6.45, 7) is 4.48. The first-order valence-corrected chi connectivity index (χ1v) is 6.95. The normalized spacial score (nSPS) is 24.1. The average Bonchev–Trinajstić information content (AvgIpc) is 2.36. The van der Waals surface area contributed by atoms with Crippen LogP contribution in [0, 0.1) is 5.92 Å². The topological polar surface area (TPSA) is 95.7 Å². The number of carboxylic acids is 1. The Kier molecular flexibility index (Phi) is 6.80. The fraction of sp³-hybridized carbons (Fsp3) is 0.846. The lowest BCUT2D eigenvalue weighted by Crippen LogP contribution is -2.50. The summed E-state index contributed by atoms with van der Waals surface area (Å²) in [5.41, 5.74) is 5.75. The Bertz CT molecular complexity index is 310. The quantitative estimate of drug-likeness (QED) is 0.568. The molecule has 6 heteroatoms. The Morgan fingerprint density at radius 2 is 2.21 bits per heavy atom. The van der Waals surface area contributed by atoms with Crippen LogP contribution in [-0.2, 0) is 9.59 Å². The number of carboxylic acid groups (broad SMARTS) is 1. The molecule has 0 aliphatic carbocycles. The van der Waals surface area contributed by atoms with Gasteiger partial charge in [-0.25, -0.2) is 0 Å². The number of likely N-dealkylation sites (tertiary alicyclic amines) is 1. The second-order valence-corrected chi connectivity index (χ2v) is 5.34. The van der Waals surface area contributed by atoms with E-state index in [1.54, 1.807) is 0 Å². The predicted molar refractivity (Wildman–Crippen MR) is 72.7 cm³/mol. The van der Waals surface area contributed by atoms with E-state index in [-0.39, 0.29) is 18.4 Å². The molecular formula is C13H25N3O3. The molecule has 1 saturated heterocycles. The van der Waals surface area contributed by atoms with Gasteiger partial charge in [0.25, 0.3) is 0 Å². The van der Waals surface area contributed by atoms with Crippen molar-refractivity contribution >= 4 is 11.9 Å². The van der Waals surface area contributed by atoms with Crippen molar-refractivity contribution in [3.8, 4) is 0 Å². The van der Waals surface area contributed by atoms with Crippen LogP contribution in [0.2, 0.25) is 0 Å². The largest absolute Gasteiger partial charge is 0.481 e. The number of amides is 1. The van der Waals surface area contributed by atoms with Gasteiger partial charge in [-0.2, -0.15) is 0 Å². The SMILES string of the molecule is CC1CCN(CC(=O)NCCCC(=O)O)C(CN)C1. The van der Waals surface area contributed by atoms with Crippen LogP contribution in [0.15, 0.2) is 0 Å². The highest BCUT2D eigenvalue weighted by Gasteiger charge is 2.26. The zero-order valence-electron chi connectivity index (χ0n) is 11.6. The van der Waals surface area contributed by atoms with Gasteiger partial charge >= 0.3 is 5.97 Å². The lowest BCUT2D eigenvalue weighted by atomic mass is 9.92. The molecule has 1 aliphatic heterocycles. The zero-order valence-corrected chi connectivity index (χ0v) is 11.6. The molecule has 0 spiro atoms. The molecule has 110 valence electrons. The van der Waals surface area contributed by atoms with Crippen LogP contribution in [0.4, 0.5) is 0 Å². The second kappa shape index (κ2) is 8.12. The Hall–Kier alpha value is -1.14. The smallest absolute Gasteiger partial charge is 0.303 e. The summed E-state index contributed by atoms with van der Waals surface area (Å²) in [7, 11) is 0. The Labute approximate surface area is 114 Å². The van der Waals surface area contributed by atoms with Crippen LogP contribution < -0.4 is 11.1 Å². The molecule has 0 aromatic carbocycles. The maximum Gasteiger partial charge on any atom is 0.303 e. The molecule has 1 fully saturated rings. The Morgan fingerprint density at radius 1 is 1.47 bits per heavy atom. The minimum absolute atomic E-state index is 0.0432. The van der Waals surface area contributed by atoms with E-state index < -0.39 is 5.97 Å². The molecule has 1 aliphatic rings. The maximum absolute atomic E-state index is 11.8. The van der Waals surface area contributed by atoms with E-state index in [1.807, 2.05) is 0 Å². The minimum atomic E-state index is -0.831. The molecule has 0 bridgehead atoms. The van der Waals surface area contributed by atoms with Gasteiger partial charge in [-0.15, -0.1) is 0 Å². The summed E-state index contributed by atoms with van der Waals surface area (Å²) in [5.74, 6) is -0.204. The van der Waals surface area contributed by atoms with Gasteiger partial charge in [-0.05, 0) is 31.7 Å². The first kappa shape index (κ1) is 15.9. The van der Waals surface area contributed by atoms with Gasteiger partial charge in [0.2, 0.25) is 5.91 Å². The third-order valence-corrected chi connectivity index (χ3v) is 3.61. The first-order chi connectivity index (χ1) is 9.02. The summed E-state index contributed by atoms with van der Waals surface area (Å²) in [4.78, 5) is 24.2. The summed E-state index contributed by atoms with van der Waals surface area (Å²) in [5, 5.41) is 11.3. The third-order valence-electron chi connectivity index (χ3n) is 3.61. The molecule has 1 rings (SSSR count). The lowest BCUT2D eigenvalue weighted by molar-refractivity contribution is -0.137. The van der Waals surface area contributed by atoms with Crippen LogP contribution >= 0.6 is 0 Å². The van der Waals surface area contributed by atoms with Crippen molar-refractivity contribution in [3.63, 3.8) is 0 Å². The molecule has 6 nitrogen and oxygen atoms in total. The fourth-order valence-electron chi connectivity index (χ4n) is 2.46. The number of hydrogen-bond acceptors (Lipinski definition) is 4. The maximum atomic E-state index is 11.8. The number of carbonyl (C=O) groups excluding carboxylic acids is 1. The van der Waals surface area contributed by atoms with Gasteiger partial charge in [0.05, 0.1) is 6.54 Å². The predicted octanol–water partition coefficient (Wildman–Crippen LogP) is 0.0266. The molecule has 1 amide bonds. The van der Waals surface area contributed by atoms with E-state index in [1.165, 1.54) is 0 Å². The number of nitrogens with zero attached hydrogens (tertiary/aromatic N) is 1. The molecular weight excluding hydrogens is 246 g/mol. The van der Waals surface area contributed by atoms with Crippen molar-refractivity contribution in [2.24, 2.45) is 11.7 Å². The zero-order chi connectivity index (χ0) is 14.3. The molecule has 0 aromatic heterocycles. The second-order valence-electron chi connectivity index (χ2n) is 5.34. The number of carbonyl (C=O) groups is 2. The van der Waals surface area contributed by atoms with Gasteiger partial charge in [0.15, 0.2) is 0 Å². The van der Waals surface area contributed by atoms with Crippen molar-refractivity contribution in [1.29, 1.82) is 0 Å². The minimum Gasteiger partial charge on any atom is -0.481 e. The molecule has 2 atom stereocenters. The molecule has 0 saturated carbocycles. The third kappa shape index (κ3) is 6.02. The summed E-state index contributed by atoms with van der Waals surface area (Å²) in [6, 6.07) is 0.286. The first-order valence-electron chi connectivity index (χ1n) is 6.95. The van der Waals surface area contributed by atoms with Crippen molar-refractivity contribution in [2.75, 3.05) is 26.2 Å². The van der Waals surface area contributed by atoms with Gasteiger partial charge < -0.3 is 16.2 Å². The number of piperidine rings is 1. The molecule has 0 radical (unpaired) electrons. The molecule has 19 heavy (non-hydrogen) atoms. The van der Waals surface area contributed by atoms with Crippen molar-refractivity contribution in [1.82, 2.24) is 10.2 Å². The van der Waals surface area contributed by atoms with Gasteiger partial charge in [-0.1, -0.05) is 6.92 Å². The van der Waals surface area contributed by atoms with Gasteiger partial charge in [0, 0.05) is 25.6 Å². The Balaban J connectivity index is 2.25. The van der Waals surface area contributed by atoms with Crippen LogP contribution in [0.1, 0.15) is 32.6 Å². The monoisotopic (exact) mass is 271 g/mol. The van der Waals surface area contributed by atoms with E-state index >= 15 is 0 Å². The van der Waals surface area contributed by atoms with Crippen molar-refractivity contribution in [3.05, 3.63) is 0 Å². The van der Waals surface area contributed by atoms with Crippen molar-refractivity contribution < 1.29 is 14.7 Å². The van der Waals surface area contributed by atoms with Crippen molar-refractivity contribution in [2.45, 2.75) is 38.6 Å².